The summed E-state index contributed by atoms with van der Waals surface area (Å²) in [5.74, 6) is 0. The van der Waals surface area contributed by atoms with E-state index >= 15 is 0 Å². The van der Waals surface area contributed by atoms with Crippen molar-refractivity contribution in [1.29, 1.82) is 0 Å². The van der Waals surface area contributed by atoms with Crippen molar-refractivity contribution >= 4 is 17.8 Å². The normalized spacial score (nSPS) is 9.55. The SMILES string of the molecule is Cc1nc(CCOC=O)cs1. The molecule has 0 saturated carbocycles. The molecule has 0 bridgehead atoms. The minimum absolute atomic E-state index is 0.423. The number of nitrogens with zero attached hydrogens (tertiary/aromatic N) is 1. The number of carbonyl (C=O) groups excluding carboxylic acids is 1. The Morgan fingerprint density at radius 3 is 3.18 bits per heavy atom. The predicted molar refractivity (Wildman–Crippen MR) is 42.6 cm³/mol. The van der Waals surface area contributed by atoms with Crippen molar-refractivity contribution in [3.63, 3.8) is 0 Å². The molecule has 1 rings (SSSR count). The Bertz CT molecular complexity index is 234. The summed E-state index contributed by atoms with van der Waals surface area (Å²) >= 11 is 1.61. The first-order valence-corrected chi connectivity index (χ1v) is 4.17. The van der Waals surface area contributed by atoms with Gasteiger partial charge in [0.2, 0.25) is 0 Å². The van der Waals surface area contributed by atoms with Crippen molar-refractivity contribution in [2.45, 2.75) is 13.3 Å². The van der Waals surface area contributed by atoms with Crippen molar-refractivity contribution in [2.24, 2.45) is 0 Å². The van der Waals surface area contributed by atoms with Crippen molar-refractivity contribution in [3.8, 4) is 0 Å². The zero-order chi connectivity index (χ0) is 8.10. The van der Waals surface area contributed by atoms with E-state index in [4.69, 9.17) is 0 Å². The number of aryl methyl sites for hydroxylation is 1. The first kappa shape index (κ1) is 8.20. The molecule has 0 atom stereocenters. The van der Waals surface area contributed by atoms with Crippen LogP contribution in [0.25, 0.3) is 0 Å². The average Bonchev–Trinajstić information content (AvgIpc) is 2.37. The third-order valence-electron chi connectivity index (χ3n) is 1.21. The van der Waals surface area contributed by atoms with Gasteiger partial charge < -0.3 is 4.74 Å². The minimum Gasteiger partial charge on any atom is -0.467 e. The van der Waals surface area contributed by atoms with Crippen LogP contribution in [0.5, 0.6) is 0 Å². The van der Waals surface area contributed by atoms with Crippen LogP contribution in [0.3, 0.4) is 0 Å². The molecule has 0 fully saturated rings. The van der Waals surface area contributed by atoms with Gasteiger partial charge in [-0.1, -0.05) is 0 Å². The van der Waals surface area contributed by atoms with Crippen LogP contribution < -0.4 is 0 Å². The molecular weight excluding hydrogens is 162 g/mol. The van der Waals surface area contributed by atoms with Crippen LogP contribution in [0.1, 0.15) is 10.7 Å². The van der Waals surface area contributed by atoms with Crippen molar-refractivity contribution in [1.82, 2.24) is 4.98 Å². The van der Waals surface area contributed by atoms with Gasteiger partial charge in [-0.25, -0.2) is 4.98 Å². The third-order valence-corrected chi connectivity index (χ3v) is 2.03. The Balaban J connectivity index is 2.32. The second kappa shape index (κ2) is 4.08. The van der Waals surface area contributed by atoms with Gasteiger partial charge in [0.15, 0.2) is 0 Å². The van der Waals surface area contributed by atoms with E-state index in [0.717, 1.165) is 10.7 Å². The van der Waals surface area contributed by atoms with E-state index in [2.05, 4.69) is 9.72 Å². The maximum Gasteiger partial charge on any atom is 0.293 e. The van der Waals surface area contributed by atoms with Crippen molar-refractivity contribution in [2.75, 3.05) is 6.61 Å². The van der Waals surface area contributed by atoms with E-state index < -0.39 is 0 Å². The first-order chi connectivity index (χ1) is 5.33. The molecule has 3 nitrogen and oxygen atoms in total. The molecule has 4 heteroatoms. The van der Waals surface area contributed by atoms with Gasteiger partial charge in [-0.15, -0.1) is 11.3 Å². The predicted octanol–water partition coefficient (Wildman–Crippen LogP) is 1.17. The van der Waals surface area contributed by atoms with E-state index in [9.17, 15) is 4.79 Å². The van der Waals surface area contributed by atoms with Crippen molar-refractivity contribution in [3.05, 3.63) is 16.1 Å². The molecule has 0 aliphatic rings. The molecule has 0 aromatic carbocycles. The molecule has 0 aliphatic heterocycles. The van der Waals surface area contributed by atoms with Crippen LogP contribution in [-0.4, -0.2) is 18.1 Å². The third kappa shape index (κ3) is 2.67. The molecule has 1 aromatic heterocycles. The van der Waals surface area contributed by atoms with E-state index in [1.54, 1.807) is 11.3 Å². The molecule has 11 heavy (non-hydrogen) atoms. The minimum atomic E-state index is 0.423. The summed E-state index contributed by atoms with van der Waals surface area (Å²) in [6.45, 7) is 2.83. The second-order valence-corrected chi connectivity index (χ2v) is 3.14. The topological polar surface area (TPSA) is 39.2 Å². The number of thiazole rings is 1. The standard InChI is InChI=1S/C7H9NO2S/c1-6-8-7(4-11-6)2-3-10-5-9/h4-5H,2-3H2,1H3. The molecule has 0 saturated heterocycles. The van der Waals surface area contributed by atoms with Gasteiger partial charge in [0.25, 0.3) is 6.47 Å². The monoisotopic (exact) mass is 171 g/mol. The highest BCUT2D eigenvalue weighted by Gasteiger charge is 1.96. The van der Waals surface area contributed by atoms with E-state index in [1.165, 1.54) is 0 Å². The zero-order valence-electron chi connectivity index (χ0n) is 6.24. The molecule has 1 heterocycles. The van der Waals surface area contributed by atoms with Crippen LogP contribution >= 0.6 is 11.3 Å². The molecule has 0 N–H and O–H groups in total. The Hall–Kier alpha value is -0.900. The van der Waals surface area contributed by atoms with Crippen LogP contribution in [0.15, 0.2) is 5.38 Å². The highest BCUT2D eigenvalue weighted by atomic mass is 32.1. The Labute approximate surface area is 69.0 Å². The molecule has 0 radical (unpaired) electrons. The Morgan fingerprint density at radius 1 is 1.82 bits per heavy atom. The molecule has 0 unspecified atom stereocenters. The van der Waals surface area contributed by atoms with E-state index in [1.807, 2.05) is 12.3 Å². The Kier molecular flexibility index (Phi) is 3.04. The Morgan fingerprint density at radius 2 is 2.64 bits per heavy atom. The van der Waals surface area contributed by atoms with Crippen molar-refractivity contribution < 1.29 is 9.53 Å². The number of hydrogen-bond acceptors (Lipinski definition) is 4. The number of rotatable bonds is 4. The molecule has 0 spiro atoms. The summed E-state index contributed by atoms with van der Waals surface area (Å²) in [7, 11) is 0. The summed E-state index contributed by atoms with van der Waals surface area (Å²) in [6.07, 6.45) is 0.711. The van der Waals surface area contributed by atoms with Crippen LogP contribution in [-0.2, 0) is 16.0 Å². The van der Waals surface area contributed by atoms with Gasteiger partial charge >= 0.3 is 0 Å². The lowest BCUT2D eigenvalue weighted by molar-refractivity contribution is -0.128. The second-order valence-electron chi connectivity index (χ2n) is 2.07. The quantitative estimate of drug-likeness (QED) is 0.504. The smallest absolute Gasteiger partial charge is 0.293 e. The number of hydrogen-bond donors (Lipinski definition) is 0. The first-order valence-electron chi connectivity index (χ1n) is 3.29. The van der Waals surface area contributed by atoms with Crippen LogP contribution in [0, 0.1) is 6.92 Å². The fourth-order valence-electron chi connectivity index (χ4n) is 0.735. The molecule has 60 valence electrons. The van der Waals surface area contributed by atoms with Crippen LogP contribution in [0.2, 0.25) is 0 Å². The van der Waals surface area contributed by atoms with E-state index in [-0.39, 0.29) is 0 Å². The summed E-state index contributed by atoms with van der Waals surface area (Å²) in [6, 6.07) is 0. The van der Waals surface area contributed by atoms with Gasteiger partial charge in [-0.05, 0) is 6.92 Å². The number of aromatic nitrogens is 1. The van der Waals surface area contributed by atoms with E-state index in [0.29, 0.717) is 19.5 Å². The average molecular weight is 171 g/mol. The zero-order valence-corrected chi connectivity index (χ0v) is 7.06. The fraction of sp³-hybridized carbons (Fsp3) is 0.429. The molecule has 0 amide bonds. The van der Waals surface area contributed by atoms with Gasteiger partial charge in [0, 0.05) is 11.8 Å². The van der Waals surface area contributed by atoms with Gasteiger partial charge in [-0.2, -0.15) is 0 Å². The number of carbonyl (C=O) groups is 1. The lowest BCUT2D eigenvalue weighted by Gasteiger charge is -1.93. The number of ether oxygens (including phenoxy) is 1. The molecule has 1 aromatic rings. The maximum absolute atomic E-state index is 9.76. The highest BCUT2D eigenvalue weighted by molar-refractivity contribution is 7.09. The summed E-state index contributed by atoms with van der Waals surface area (Å²) < 4.78 is 4.53. The summed E-state index contributed by atoms with van der Waals surface area (Å²) in [5, 5.41) is 3.02. The van der Waals surface area contributed by atoms with Gasteiger partial charge in [0.05, 0.1) is 17.3 Å². The van der Waals surface area contributed by atoms with Crippen LogP contribution in [0.4, 0.5) is 0 Å². The summed E-state index contributed by atoms with van der Waals surface area (Å²) in [4.78, 5) is 14.0. The van der Waals surface area contributed by atoms with Gasteiger partial charge in [-0.3, -0.25) is 4.79 Å². The highest BCUT2D eigenvalue weighted by Crippen LogP contribution is 2.07. The summed E-state index contributed by atoms with van der Waals surface area (Å²) in [5.41, 5.74) is 0.995. The largest absolute Gasteiger partial charge is 0.467 e. The van der Waals surface area contributed by atoms with Gasteiger partial charge in [0.1, 0.15) is 0 Å². The fourth-order valence-corrected chi connectivity index (χ4v) is 1.38. The maximum atomic E-state index is 9.76. The molecular formula is C7H9NO2S. The lowest BCUT2D eigenvalue weighted by atomic mass is 10.4. The lowest BCUT2D eigenvalue weighted by Crippen LogP contribution is -1.96. The molecule has 0 aliphatic carbocycles.